The molecular weight excluding hydrogens is 272 g/mol. The van der Waals surface area contributed by atoms with Crippen LogP contribution in [-0.2, 0) is 0 Å². The van der Waals surface area contributed by atoms with Crippen molar-refractivity contribution in [1.82, 2.24) is 9.55 Å². The first-order valence-electron chi connectivity index (χ1n) is 7.66. The summed E-state index contributed by atoms with van der Waals surface area (Å²) in [6, 6.07) is 10.5. The van der Waals surface area contributed by atoms with Gasteiger partial charge in [0.2, 0.25) is 0 Å². The highest BCUT2D eigenvalue weighted by molar-refractivity contribution is 6.99. The number of para-hydroxylation sites is 1. The van der Waals surface area contributed by atoms with Crippen molar-refractivity contribution in [2.24, 2.45) is 0 Å². The van der Waals surface area contributed by atoms with Gasteiger partial charge in [0.05, 0.1) is 6.33 Å². The Morgan fingerprint density at radius 1 is 1.10 bits per heavy atom. The van der Waals surface area contributed by atoms with Gasteiger partial charge in [-0.1, -0.05) is 51.1 Å². The third-order valence-electron chi connectivity index (χ3n) is 4.62. The van der Waals surface area contributed by atoms with Crippen LogP contribution in [0.25, 0.3) is 5.69 Å². The minimum Gasteiger partial charge on any atom is -0.307 e. The summed E-state index contributed by atoms with van der Waals surface area (Å²) in [6.45, 7) is 15.9. The van der Waals surface area contributed by atoms with E-state index < -0.39 is 8.07 Å². The van der Waals surface area contributed by atoms with Gasteiger partial charge in [-0.3, -0.25) is 0 Å². The summed E-state index contributed by atoms with van der Waals surface area (Å²) in [5.74, 6) is 0. The van der Waals surface area contributed by atoms with Gasteiger partial charge in [0.15, 0.2) is 0 Å². The molecule has 0 amide bonds. The molecule has 21 heavy (non-hydrogen) atoms. The molecule has 0 fully saturated rings. The standard InChI is InChI=1S/C18H26N2Si/c1-14(2)21(15(3)4,16(5)6)18-12-19-13-20(18)17-10-8-7-9-11-17/h7-13,15-16H,1H2,2-6H3. The predicted molar refractivity (Wildman–Crippen MR) is 94.0 cm³/mol. The second kappa shape index (κ2) is 6.02. The van der Waals surface area contributed by atoms with Crippen molar-refractivity contribution >= 4 is 13.4 Å². The molecule has 0 spiro atoms. The number of imidazole rings is 1. The fourth-order valence-electron chi connectivity index (χ4n) is 3.86. The van der Waals surface area contributed by atoms with Crippen LogP contribution in [0.4, 0.5) is 0 Å². The van der Waals surface area contributed by atoms with Gasteiger partial charge < -0.3 is 4.57 Å². The van der Waals surface area contributed by atoms with Crippen LogP contribution in [0.1, 0.15) is 34.6 Å². The number of aromatic nitrogens is 2. The Hall–Kier alpha value is -1.61. The maximum absolute atomic E-state index is 4.47. The topological polar surface area (TPSA) is 17.8 Å². The number of nitrogens with zero attached hydrogens (tertiary/aromatic N) is 2. The molecule has 1 aromatic heterocycles. The van der Waals surface area contributed by atoms with E-state index >= 15 is 0 Å². The molecule has 0 radical (unpaired) electrons. The summed E-state index contributed by atoms with van der Waals surface area (Å²) in [4.78, 5) is 4.47. The van der Waals surface area contributed by atoms with Crippen molar-refractivity contribution in [3.05, 3.63) is 54.6 Å². The van der Waals surface area contributed by atoms with Crippen molar-refractivity contribution in [2.45, 2.75) is 45.7 Å². The van der Waals surface area contributed by atoms with Crippen LogP contribution >= 0.6 is 0 Å². The van der Waals surface area contributed by atoms with Gasteiger partial charge >= 0.3 is 0 Å². The first kappa shape index (κ1) is 15.8. The highest BCUT2D eigenvalue weighted by Gasteiger charge is 2.45. The molecule has 0 unspecified atom stereocenters. The van der Waals surface area contributed by atoms with Gasteiger partial charge in [-0.15, -0.1) is 6.58 Å². The maximum atomic E-state index is 4.47. The zero-order valence-electron chi connectivity index (χ0n) is 13.8. The molecule has 2 rings (SSSR count). The minimum atomic E-state index is -1.87. The van der Waals surface area contributed by atoms with E-state index in [1.165, 1.54) is 16.2 Å². The van der Waals surface area contributed by atoms with Crippen LogP contribution in [0, 0.1) is 0 Å². The van der Waals surface area contributed by atoms with E-state index in [-0.39, 0.29) is 0 Å². The molecule has 0 saturated heterocycles. The normalized spacial score (nSPS) is 12.1. The monoisotopic (exact) mass is 298 g/mol. The van der Waals surface area contributed by atoms with E-state index in [4.69, 9.17) is 0 Å². The van der Waals surface area contributed by atoms with Crippen molar-refractivity contribution in [1.29, 1.82) is 0 Å². The van der Waals surface area contributed by atoms with Crippen molar-refractivity contribution in [3.63, 3.8) is 0 Å². The molecule has 112 valence electrons. The van der Waals surface area contributed by atoms with Gasteiger partial charge in [0.1, 0.15) is 8.07 Å². The highest BCUT2D eigenvalue weighted by atomic mass is 28.3. The Bertz CT molecular complexity index is 603. The molecule has 0 N–H and O–H groups in total. The zero-order chi connectivity index (χ0) is 15.6. The Morgan fingerprint density at radius 3 is 2.14 bits per heavy atom. The average molecular weight is 299 g/mol. The maximum Gasteiger partial charge on any atom is 0.141 e. The third-order valence-corrected chi connectivity index (χ3v) is 10.9. The fourth-order valence-corrected chi connectivity index (χ4v) is 9.66. The number of allylic oxidation sites excluding steroid dienone is 1. The lowest BCUT2D eigenvalue weighted by Gasteiger charge is -2.40. The molecule has 1 aromatic carbocycles. The van der Waals surface area contributed by atoms with Crippen LogP contribution in [0.2, 0.25) is 11.1 Å². The number of rotatable bonds is 5. The summed E-state index contributed by atoms with van der Waals surface area (Å²) in [7, 11) is -1.87. The molecule has 2 nitrogen and oxygen atoms in total. The lowest BCUT2D eigenvalue weighted by Crippen LogP contribution is -2.56. The van der Waals surface area contributed by atoms with E-state index in [2.05, 4.69) is 87.3 Å². The SMILES string of the molecule is C=C(C)[Si](c1cncn1-c1ccccc1)(C(C)C)C(C)C. The van der Waals surface area contributed by atoms with Crippen molar-refractivity contribution in [3.8, 4) is 5.69 Å². The average Bonchev–Trinajstić information content (AvgIpc) is 2.88. The van der Waals surface area contributed by atoms with Gasteiger partial charge in [0, 0.05) is 17.2 Å². The van der Waals surface area contributed by atoms with Crippen LogP contribution < -0.4 is 5.32 Å². The summed E-state index contributed by atoms with van der Waals surface area (Å²) in [5.41, 5.74) is 2.37. The molecule has 0 aliphatic rings. The molecular formula is C18H26N2Si. The predicted octanol–water partition coefficient (Wildman–Crippen LogP) is 4.46. The molecule has 3 heteroatoms. The largest absolute Gasteiger partial charge is 0.307 e. The van der Waals surface area contributed by atoms with Gasteiger partial charge in [-0.2, -0.15) is 0 Å². The Labute approximate surface area is 129 Å². The number of hydrogen-bond acceptors (Lipinski definition) is 1. The lowest BCUT2D eigenvalue weighted by molar-refractivity contribution is 0.905. The van der Waals surface area contributed by atoms with E-state index in [9.17, 15) is 0 Å². The summed E-state index contributed by atoms with van der Waals surface area (Å²) in [5, 5.41) is 2.70. The summed E-state index contributed by atoms with van der Waals surface area (Å²) >= 11 is 0. The van der Waals surface area contributed by atoms with Crippen LogP contribution in [0.3, 0.4) is 0 Å². The van der Waals surface area contributed by atoms with Gasteiger partial charge in [0.25, 0.3) is 0 Å². The first-order chi connectivity index (χ1) is 9.92. The van der Waals surface area contributed by atoms with E-state index in [0.29, 0.717) is 11.1 Å². The van der Waals surface area contributed by atoms with Gasteiger partial charge in [-0.05, 0) is 30.1 Å². The van der Waals surface area contributed by atoms with Crippen LogP contribution in [0.15, 0.2) is 54.6 Å². The third kappa shape index (κ3) is 2.51. The Morgan fingerprint density at radius 2 is 1.67 bits per heavy atom. The molecule has 0 bridgehead atoms. The molecule has 0 aliphatic carbocycles. The van der Waals surface area contributed by atoms with E-state index in [1.807, 2.05) is 6.33 Å². The quantitative estimate of drug-likeness (QED) is 0.745. The zero-order valence-corrected chi connectivity index (χ0v) is 14.8. The van der Waals surface area contributed by atoms with Crippen LogP contribution in [0.5, 0.6) is 0 Å². The summed E-state index contributed by atoms with van der Waals surface area (Å²) < 4.78 is 2.26. The number of hydrogen-bond donors (Lipinski definition) is 0. The smallest absolute Gasteiger partial charge is 0.141 e. The van der Waals surface area contributed by atoms with Crippen molar-refractivity contribution < 1.29 is 0 Å². The number of benzene rings is 1. The lowest BCUT2D eigenvalue weighted by atomic mass is 10.3. The molecule has 0 saturated carbocycles. The second-order valence-corrected chi connectivity index (χ2v) is 11.9. The van der Waals surface area contributed by atoms with E-state index in [1.54, 1.807) is 0 Å². The van der Waals surface area contributed by atoms with Crippen LogP contribution in [-0.4, -0.2) is 17.6 Å². The molecule has 0 aliphatic heterocycles. The van der Waals surface area contributed by atoms with E-state index in [0.717, 1.165) is 0 Å². The minimum absolute atomic E-state index is 0.592. The van der Waals surface area contributed by atoms with Crippen molar-refractivity contribution in [2.75, 3.05) is 0 Å². The Balaban J connectivity index is 2.69. The Kier molecular flexibility index (Phi) is 4.52. The second-order valence-electron chi connectivity index (χ2n) is 6.44. The molecule has 2 aromatic rings. The fraction of sp³-hybridized carbons (Fsp3) is 0.389. The van der Waals surface area contributed by atoms with Gasteiger partial charge in [-0.25, -0.2) is 4.98 Å². The highest BCUT2D eigenvalue weighted by Crippen LogP contribution is 2.37. The molecule has 1 heterocycles. The molecule has 0 atom stereocenters. The summed E-state index contributed by atoms with van der Waals surface area (Å²) in [6.07, 6.45) is 4.01. The first-order valence-corrected chi connectivity index (χ1v) is 9.82.